The van der Waals surface area contributed by atoms with Crippen LogP contribution in [0.4, 0.5) is 31.0 Å². The molecule has 118 heavy (non-hydrogen) atoms. The Morgan fingerprint density at radius 1 is 0.534 bits per heavy atom. The van der Waals surface area contributed by atoms with E-state index in [-0.39, 0.29) is 82.9 Å². The number of nitrogens with zero attached hydrogens (tertiary/aromatic N) is 11. The van der Waals surface area contributed by atoms with E-state index in [2.05, 4.69) is 60.1 Å². The summed E-state index contributed by atoms with van der Waals surface area (Å²) in [5.41, 5.74) is 10.4. The Kier molecular flexibility index (Phi) is 29.5. The number of ether oxygens (including phenoxy) is 7. The van der Waals surface area contributed by atoms with Gasteiger partial charge in [-0.2, -0.15) is 25.0 Å². The molecule has 13 N–H and O–H groups in total. The number of aromatic nitrogens is 12. The summed E-state index contributed by atoms with van der Waals surface area (Å²) in [5, 5.41) is 40.9. The summed E-state index contributed by atoms with van der Waals surface area (Å²) in [7, 11) is -4.29. The second kappa shape index (κ2) is 38.1. The van der Waals surface area contributed by atoms with E-state index >= 15 is 13.2 Å². The van der Waals surface area contributed by atoms with Gasteiger partial charge in [0.15, 0.2) is 63.7 Å². The number of rotatable bonds is 32. The molecule has 9 aromatic rings. The Morgan fingerprint density at radius 3 is 1.33 bits per heavy atom. The maximum absolute atomic E-state index is 16.0. The first-order valence-electron chi connectivity index (χ1n) is 36.8. The molecule has 47 heteroatoms. The third kappa shape index (κ3) is 21.9. The predicted octanol–water partition coefficient (Wildman–Crippen LogP) is 7.51. The summed E-state index contributed by atoms with van der Waals surface area (Å²) < 4.78 is 139. The third-order valence-electron chi connectivity index (χ3n) is 17.7. The lowest BCUT2D eigenvalue weighted by Crippen LogP contribution is -2.41. The lowest BCUT2D eigenvalue weighted by Gasteiger charge is -2.28. The van der Waals surface area contributed by atoms with Gasteiger partial charge in [0.1, 0.15) is 77.5 Å². The molecule has 0 aliphatic carbocycles. The van der Waals surface area contributed by atoms with Crippen molar-refractivity contribution < 1.29 is 108 Å². The minimum atomic E-state index is -4.29. The third-order valence-corrected chi connectivity index (χ3v) is 24.3. The van der Waals surface area contributed by atoms with Gasteiger partial charge in [0.05, 0.1) is 69.9 Å². The van der Waals surface area contributed by atoms with E-state index in [4.69, 9.17) is 101 Å². The van der Waals surface area contributed by atoms with E-state index in [9.17, 15) is 39.1 Å². The van der Waals surface area contributed by atoms with E-state index in [1.165, 1.54) is 52.7 Å². The summed E-state index contributed by atoms with van der Waals surface area (Å²) in [5.74, 6) is -1.07. The van der Waals surface area contributed by atoms with E-state index in [1.807, 2.05) is 0 Å². The number of nitrogen functional groups attached to an aromatic ring is 3. The van der Waals surface area contributed by atoms with Gasteiger partial charge in [0, 0.05) is 0 Å². The monoisotopic (exact) mass is 1750 g/mol. The summed E-state index contributed by atoms with van der Waals surface area (Å²) in [4.78, 5) is 84.3. The highest BCUT2D eigenvalue weighted by Crippen LogP contribution is 2.52. The van der Waals surface area contributed by atoms with Gasteiger partial charge in [-0.3, -0.25) is 42.4 Å². The standard InChI is InChI=1S/C25H34FN6O8P.C23H30FN6O7PS.C23H30FN6O6PS/c1-6-36-21-18-20(29-24(27)30-21)32(13-28-18)23-25(5,26)19(33)17(39-23)12-37-41(35,40-16-10-8-7-9-11-16)31-15(4)22(34)38-14(2)3;1-12(2)35-20(33)13(3)29-38(39,37-14-8-6-5-7-9-14)34-10-15-17(31)23(4,24)21(36-15)30-11-26-16-18(30)27-22(25)28-19(16)32;1-13(2)34-20(32)14(3)29-37(38,36-15-8-6-5-7-9-15)33-11-17-18(31)23(4,24)21(35-17)30-12-27-16-10-26-22(25)28-19(16)30/h7-11,13-15,17,19,23,33H,6,12H2,1-5H3,(H,31,35)(H2,27,29,30);5-9,11-13,15,17,21,31H,10H2,1-4H3,(H,29,39)(H3,25,27,28,32);5-10,12-14,17-18,21,31H,11H2,1-4H3,(H,29,38)(H2,25,26,28)/t15-,17-,19-,23-,25-,41-;13-,15-,17-,21-,23-,38-;14-,17-,18-,21-,23-,37-/m111/s1. The average molecular weight is 1750 g/mol. The van der Waals surface area contributed by atoms with Crippen molar-refractivity contribution >= 4 is 114 Å². The SMILES string of the molecule is CC(C)OC(=O)[C@@H](C)N[P@@](=S)(OC[C@H]1O[C@@H](n2cnc3c(=O)[nH]c(N)nc32)[C@](C)(F)[C@@H]1O)Oc1ccccc1.CC(C)OC(=O)[C@@H](C)N[P@@](=S)(OC[C@H]1O[C@@H](n2cnc3cnc(N)nc32)[C@](C)(F)[C@@H]1O)Oc1ccccc1.CCOc1nc(N)nc2c1ncn2[C@@H]1O[C@H](CO[P@](=O)(N[C@H](C)C(=O)OC(C)C)Oc2ccccc2)[C@@H](O)[C@@]1(C)F. The number of halogens is 3. The number of aliphatic hydroxyl groups excluding tert-OH is 3. The Balaban J connectivity index is 0.000000187. The zero-order valence-electron chi connectivity index (χ0n) is 66.1. The first kappa shape index (κ1) is 91.3. The van der Waals surface area contributed by atoms with E-state index in [1.54, 1.807) is 153 Å². The second-order valence-corrected chi connectivity index (χ2v) is 36.4. The highest BCUT2D eigenvalue weighted by molar-refractivity contribution is 8.09. The van der Waals surface area contributed by atoms with Gasteiger partial charge >= 0.3 is 38.9 Å². The molecule has 0 radical (unpaired) electrons. The van der Waals surface area contributed by atoms with Crippen LogP contribution in [0.3, 0.4) is 0 Å². The van der Waals surface area contributed by atoms with Crippen LogP contribution in [-0.4, -0.2) is 208 Å². The first-order chi connectivity index (χ1) is 55.5. The molecular formula is C71H94F3N18O21P3S2. The number of H-pyrrole nitrogens is 1. The van der Waals surface area contributed by atoms with Crippen molar-refractivity contribution in [2.45, 2.75) is 199 Å². The second-order valence-electron chi connectivity index (χ2n) is 28.5. The predicted molar refractivity (Wildman–Crippen MR) is 428 cm³/mol. The zero-order valence-corrected chi connectivity index (χ0v) is 70.4. The number of aliphatic hydroxyl groups is 3. The number of carbonyl (C=O) groups is 3. The van der Waals surface area contributed by atoms with E-state index in [0.717, 1.165) is 13.8 Å². The van der Waals surface area contributed by atoms with Crippen molar-refractivity contribution in [2.75, 3.05) is 43.6 Å². The van der Waals surface area contributed by atoms with Crippen molar-refractivity contribution in [1.29, 1.82) is 0 Å². The minimum absolute atomic E-state index is 0.0180. The summed E-state index contributed by atoms with van der Waals surface area (Å²) in [6.45, 7) is 12.1. The number of imidazole rings is 3. The average Bonchev–Trinajstić information content (AvgIpc) is 1.61. The molecule has 0 bridgehead atoms. The fraction of sp³-hybridized carbons (Fsp3) is 0.493. The number of aromatic amines is 1. The summed E-state index contributed by atoms with van der Waals surface area (Å²) in [6.07, 6.45) is -8.75. The van der Waals surface area contributed by atoms with Gasteiger partial charge in [0.2, 0.25) is 23.7 Å². The highest BCUT2D eigenvalue weighted by atomic mass is 32.5. The molecule has 3 fully saturated rings. The fourth-order valence-electron chi connectivity index (χ4n) is 12.0. The van der Waals surface area contributed by atoms with Gasteiger partial charge in [-0.05, 0) is 150 Å². The van der Waals surface area contributed by atoms with Crippen LogP contribution >= 0.6 is 21.0 Å². The number of anilines is 3. The fourth-order valence-corrected chi connectivity index (χ4v) is 18.3. The molecule has 3 aliphatic heterocycles. The molecule has 6 aromatic heterocycles. The van der Waals surface area contributed by atoms with Crippen molar-refractivity contribution in [3.05, 3.63) is 127 Å². The van der Waals surface area contributed by atoms with Crippen molar-refractivity contribution in [2.24, 2.45) is 0 Å². The largest absolute Gasteiger partial charge is 0.476 e. The van der Waals surface area contributed by atoms with E-state index in [0.29, 0.717) is 17.0 Å². The Labute approximate surface area is 684 Å². The molecule has 0 saturated carbocycles. The number of carbonyl (C=O) groups excluding carboxylic acids is 3. The van der Waals surface area contributed by atoms with Crippen LogP contribution < -0.4 is 56.3 Å². The van der Waals surface area contributed by atoms with Gasteiger partial charge in [0.25, 0.3) is 5.56 Å². The normalized spacial score (nSPS) is 25.3. The van der Waals surface area contributed by atoms with Gasteiger partial charge in [-0.25, -0.2) is 47.8 Å². The zero-order chi connectivity index (χ0) is 86.1. The molecule has 39 nitrogen and oxygen atoms in total. The lowest BCUT2D eigenvalue weighted by atomic mass is 9.98. The van der Waals surface area contributed by atoms with Crippen molar-refractivity contribution in [1.82, 2.24) is 73.8 Å². The first-order valence-corrected chi connectivity index (χ1v) is 43.7. The van der Waals surface area contributed by atoms with Crippen LogP contribution in [0.5, 0.6) is 23.1 Å². The number of benzene rings is 3. The number of nitrogens with one attached hydrogen (secondary N) is 4. The van der Waals surface area contributed by atoms with Crippen LogP contribution in [0.1, 0.15) is 109 Å². The lowest BCUT2D eigenvalue weighted by molar-refractivity contribution is -0.150. The quantitative estimate of drug-likeness (QED) is 0.0111. The van der Waals surface area contributed by atoms with E-state index < -0.39 is 154 Å². The van der Waals surface area contributed by atoms with Gasteiger partial charge in [-0.1, -0.05) is 54.6 Å². The van der Waals surface area contributed by atoms with Crippen LogP contribution in [-0.2, 0) is 84.6 Å². The molecule has 12 rings (SSSR count). The molecule has 0 amide bonds. The van der Waals surface area contributed by atoms with Crippen LogP contribution in [0, 0.1) is 0 Å². The number of esters is 3. The van der Waals surface area contributed by atoms with Gasteiger partial charge in [-0.15, -0.1) is 0 Å². The Hall–Kier alpha value is -9.04. The van der Waals surface area contributed by atoms with Crippen molar-refractivity contribution in [3.8, 4) is 23.1 Å². The minimum Gasteiger partial charge on any atom is -0.476 e. The molecule has 0 unspecified atom stereocenters. The van der Waals surface area contributed by atoms with Crippen LogP contribution in [0.2, 0.25) is 0 Å². The summed E-state index contributed by atoms with van der Waals surface area (Å²) >= 11 is 11.3. The van der Waals surface area contributed by atoms with Crippen molar-refractivity contribution in [3.63, 3.8) is 0 Å². The number of para-hydroxylation sites is 3. The molecule has 0 spiro atoms. The topological polar surface area (TPSA) is 514 Å². The molecule has 9 heterocycles. The molecule has 3 aromatic carbocycles. The Morgan fingerprint density at radius 2 is 0.907 bits per heavy atom. The highest BCUT2D eigenvalue weighted by Gasteiger charge is 2.59. The number of nitrogens with two attached hydrogens (primary N) is 3. The molecule has 18 atom stereocenters. The maximum Gasteiger partial charge on any atom is 0.459 e. The summed E-state index contributed by atoms with van der Waals surface area (Å²) in [6, 6.07) is 22.5. The number of hydrogen-bond acceptors (Lipinski definition) is 34. The number of hydrogen-bond donors (Lipinski definition) is 10. The van der Waals surface area contributed by atoms with Crippen LogP contribution in [0.15, 0.2) is 121 Å². The molecule has 3 aliphatic rings. The number of alkyl halides is 3. The molecular weight excluding hydrogens is 1650 g/mol. The van der Waals surface area contributed by atoms with Crippen LogP contribution in [0.25, 0.3) is 33.5 Å². The maximum atomic E-state index is 16.0. The van der Waals surface area contributed by atoms with Gasteiger partial charge < -0.3 is 88.3 Å². The molecule has 3 saturated heterocycles. The Bertz CT molecular complexity index is 5170. The molecule has 642 valence electrons. The number of fused-ring (bicyclic) bond motifs is 3. The smallest absolute Gasteiger partial charge is 0.459 e.